The molecule has 0 bridgehead atoms. The third-order valence-electron chi connectivity index (χ3n) is 5.24. The number of H-pyrrole nitrogens is 1. The Morgan fingerprint density at radius 1 is 1.18 bits per heavy atom. The van der Waals surface area contributed by atoms with Gasteiger partial charge in [0.1, 0.15) is 5.82 Å². The predicted molar refractivity (Wildman–Crippen MR) is 84.2 cm³/mol. The van der Waals surface area contributed by atoms with Crippen LogP contribution >= 0.6 is 0 Å². The number of aromatic nitrogens is 3. The molecule has 2 heterocycles. The smallest absolute Gasteiger partial charge is 0.181 e. The van der Waals surface area contributed by atoms with Crippen molar-refractivity contribution in [3.05, 3.63) is 36.2 Å². The maximum atomic E-state index is 5.51. The van der Waals surface area contributed by atoms with E-state index in [4.69, 9.17) is 4.74 Å². The van der Waals surface area contributed by atoms with Gasteiger partial charge in [0.15, 0.2) is 5.82 Å². The molecular weight excluding hydrogens is 276 g/mol. The fourth-order valence-electron chi connectivity index (χ4n) is 3.70. The molecule has 2 aliphatic rings. The Bertz CT molecular complexity index is 619. The van der Waals surface area contributed by atoms with Crippen LogP contribution in [0.2, 0.25) is 0 Å². The summed E-state index contributed by atoms with van der Waals surface area (Å²) in [7, 11) is 0. The topological polar surface area (TPSA) is 62.8 Å². The lowest BCUT2D eigenvalue weighted by molar-refractivity contribution is -0.0553. The molecule has 1 spiro atoms. The average molecular weight is 298 g/mol. The maximum absolute atomic E-state index is 5.51. The van der Waals surface area contributed by atoms with Crippen molar-refractivity contribution >= 4 is 0 Å². The molecular formula is C17H22N4O. The SMILES string of the molecule is c1ccc(-c2n[nH]c(CNC3CCC34CCOCC4)n2)cc1. The van der Waals surface area contributed by atoms with Crippen LogP contribution in [0.15, 0.2) is 30.3 Å². The van der Waals surface area contributed by atoms with E-state index in [1.807, 2.05) is 30.3 Å². The molecule has 22 heavy (non-hydrogen) atoms. The molecule has 4 rings (SSSR count). The Kier molecular flexibility index (Phi) is 3.68. The van der Waals surface area contributed by atoms with Gasteiger partial charge in [0.05, 0.1) is 6.54 Å². The summed E-state index contributed by atoms with van der Waals surface area (Å²) in [5.41, 5.74) is 1.52. The lowest BCUT2D eigenvalue weighted by Crippen LogP contribution is -2.55. The van der Waals surface area contributed by atoms with Crippen molar-refractivity contribution in [3.63, 3.8) is 0 Å². The number of rotatable bonds is 4. The van der Waals surface area contributed by atoms with Crippen LogP contribution in [0.25, 0.3) is 11.4 Å². The number of ether oxygens (including phenoxy) is 1. The van der Waals surface area contributed by atoms with Crippen LogP contribution in [-0.4, -0.2) is 34.4 Å². The van der Waals surface area contributed by atoms with Crippen molar-refractivity contribution in [3.8, 4) is 11.4 Å². The first-order chi connectivity index (χ1) is 10.9. The van der Waals surface area contributed by atoms with E-state index >= 15 is 0 Å². The van der Waals surface area contributed by atoms with Crippen molar-refractivity contribution in [2.45, 2.75) is 38.3 Å². The lowest BCUT2D eigenvalue weighted by atomic mass is 9.60. The monoisotopic (exact) mass is 298 g/mol. The highest BCUT2D eigenvalue weighted by Gasteiger charge is 2.46. The van der Waals surface area contributed by atoms with E-state index in [1.54, 1.807) is 0 Å². The minimum absolute atomic E-state index is 0.473. The van der Waals surface area contributed by atoms with Crippen LogP contribution in [0, 0.1) is 5.41 Å². The first-order valence-corrected chi connectivity index (χ1v) is 8.14. The molecule has 0 radical (unpaired) electrons. The molecule has 1 aliphatic carbocycles. The van der Waals surface area contributed by atoms with Crippen LogP contribution in [0.4, 0.5) is 0 Å². The second-order valence-electron chi connectivity index (χ2n) is 6.42. The van der Waals surface area contributed by atoms with Crippen LogP contribution in [-0.2, 0) is 11.3 Å². The summed E-state index contributed by atoms with van der Waals surface area (Å²) in [5, 5.41) is 11.0. The van der Waals surface area contributed by atoms with E-state index in [9.17, 15) is 0 Å². The van der Waals surface area contributed by atoms with Gasteiger partial charge in [0.25, 0.3) is 0 Å². The van der Waals surface area contributed by atoms with Gasteiger partial charge < -0.3 is 10.1 Å². The number of hydrogen-bond acceptors (Lipinski definition) is 4. The molecule has 0 amide bonds. The zero-order valence-corrected chi connectivity index (χ0v) is 12.7. The van der Waals surface area contributed by atoms with Crippen LogP contribution in [0.5, 0.6) is 0 Å². The minimum atomic E-state index is 0.473. The van der Waals surface area contributed by atoms with E-state index in [1.165, 1.54) is 25.7 Å². The van der Waals surface area contributed by atoms with Gasteiger partial charge in [-0.25, -0.2) is 4.98 Å². The van der Waals surface area contributed by atoms with E-state index < -0.39 is 0 Å². The Hall–Kier alpha value is -1.72. The molecule has 1 saturated carbocycles. The fourth-order valence-corrected chi connectivity index (χ4v) is 3.70. The third kappa shape index (κ3) is 2.55. The highest BCUT2D eigenvalue weighted by atomic mass is 16.5. The van der Waals surface area contributed by atoms with Gasteiger partial charge in [-0.05, 0) is 31.1 Å². The summed E-state index contributed by atoms with van der Waals surface area (Å²) in [5.74, 6) is 1.68. The molecule has 1 aromatic heterocycles. The molecule has 2 aromatic rings. The molecule has 1 aliphatic heterocycles. The molecule has 5 heteroatoms. The number of hydrogen-bond donors (Lipinski definition) is 2. The quantitative estimate of drug-likeness (QED) is 0.910. The van der Waals surface area contributed by atoms with Crippen LogP contribution in [0.3, 0.4) is 0 Å². The molecule has 116 valence electrons. The predicted octanol–water partition coefficient (Wildman–Crippen LogP) is 2.52. The summed E-state index contributed by atoms with van der Waals surface area (Å²) >= 11 is 0. The first kappa shape index (κ1) is 13.9. The normalized spacial score (nSPS) is 23.4. The van der Waals surface area contributed by atoms with Gasteiger partial charge in [-0.15, -0.1) is 0 Å². The summed E-state index contributed by atoms with van der Waals surface area (Å²) in [6.07, 6.45) is 4.98. The van der Waals surface area contributed by atoms with E-state index in [-0.39, 0.29) is 0 Å². The Labute approximate surface area is 130 Å². The van der Waals surface area contributed by atoms with Gasteiger partial charge >= 0.3 is 0 Å². The average Bonchev–Trinajstić information content (AvgIpc) is 3.04. The minimum Gasteiger partial charge on any atom is -0.381 e. The van der Waals surface area contributed by atoms with Gasteiger partial charge in [-0.3, -0.25) is 5.10 Å². The van der Waals surface area contributed by atoms with Gasteiger partial charge in [0, 0.05) is 24.8 Å². The molecule has 1 unspecified atom stereocenters. The van der Waals surface area contributed by atoms with E-state index in [2.05, 4.69) is 20.5 Å². The molecule has 1 aromatic carbocycles. The largest absolute Gasteiger partial charge is 0.381 e. The fraction of sp³-hybridized carbons (Fsp3) is 0.529. The second kappa shape index (κ2) is 5.82. The molecule has 5 nitrogen and oxygen atoms in total. The Morgan fingerprint density at radius 3 is 2.73 bits per heavy atom. The van der Waals surface area contributed by atoms with Crippen molar-refractivity contribution in [1.29, 1.82) is 0 Å². The number of aromatic amines is 1. The van der Waals surface area contributed by atoms with Crippen molar-refractivity contribution in [2.24, 2.45) is 5.41 Å². The molecule has 2 N–H and O–H groups in total. The van der Waals surface area contributed by atoms with Crippen LogP contribution in [0.1, 0.15) is 31.5 Å². The zero-order valence-electron chi connectivity index (χ0n) is 12.7. The van der Waals surface area contributed by atoms with E-state index in [0.29, 0.717) is 11.5 Å². The number of nitrogens with one attached hydrogen (secondary N) is 2. The summed E-state index contributed by atoms with van der Waals surface area (Å²) in [4.78, 5) is 4.59. The highest BCUT2D eigenvalue weighted by molar-refractivity contribution is 5.53. The first-order valence-electron chi connectivity index (χ1n) is 8.14. The summed E-state index contributed by atoms with van der Waals surface area (Å²) in [6.45, 7) is 2.59. The van der Waals surface area contributed by atoms with Crippen molar-refractivity contribution in [1.82, 2.24) is 20.5 Å². The summed E-state index contributed by atoms with van der Waals surface area (Å²) in [6, 6.07) is 10.7. The maximum Gasteiger partial charge on any atom is 0.181 e. The number of nitrogens with zero attached hydrogens (tertiary/aromatic N) is 2. The molecule has 1 atom stereocenters. The van der Waals surface area contributed by atoms with Crippen molar-refractivity contribution < 1.29 is 4.74 Å². The summed E-state index contributed by atoms with van der Waals surface area (Å²) < 4.78 is 5.51. The van der Waals surface area contributed by atoms with Gasteiger partial charge in [-0.1, -0.05) is 30.3 Å². The zero-order chi connectivity index (χ0) is 14.8. The Balaban J connectivity index is 1.37. The van der Waals surface area contributed by atoms with Gasteiger partial charge in [-0.2, -0.15) is 5.10 Å². The Morgan fingerprint density at radius 2 is 2.00 bits per heavy atom. The molecule has 1 saturated heterocycles. The van der Waals surface area contributed by atoms with E-state index in [0.717, 1.165) is 37.0 Å². The lowest BCUT2D eigenvalue weighted by Gasteiger charge is -2.52. The molecule has 2 fully saturated rings. The second-order valence-corrected chi connectivity index (χ2v) is 6.42. The van der Waals surface area contributed by atoms with Crippen LogP contribution < -0.4 is 5.32 Å². The van der Waals surface area contributed by atoms with Crippen molar-refractivity contribution in [2.75, 3.05) is 13.2 Å². The number of benzene rings is 1. The highest BCUT2D eigenvalue weighted by Crippen LogP contribution is 2.48. The standard InChI is InChI=1S/C17H22N4O/c1-2-4-13(5-3-1)16-19-15(20-21-16)12-18-14-6-7-17(14)8-10-22-11-9-17/h1-5,14,18H,6-12H2,(H,19,20,21). The van der Waals surface area contributed by atoms with Gasteiger partial charge in [0.2, 0.25) is 0 Å². The third-order valence-corrected chi connectivity index (χ3v) is 5.24.